The van der Waals surface area contributed by atoms with E-state index in [0.717, 1.165) is 5.56 Å². The van der Waals surface area contributed by atoms with Gasteiger partial charge in [0.2, 0.25) is 0 Å². The largest absolute Gasteiger partial charge is 0.483 e. The average molecular weight is 258 g/mol. The third-order valence-corrected chi connectivity index (χ3v) is 2.34. The van der Waals surface area contributed by atoms with Crippen LogP contribution in [-0.4, -0.2) is 12.0 Å². The number of hydrogen-bond donors (Lipinski definition) is 2. The van der Waals surface area contributed by atoms with E-state index < -0.39 is 12.0 Å². The maximum Gasteiger partial charge on any atom is 0.483 e. The summed E-state index contributed by atoms with van der Waals surface area (Å²) in [4.78, 5) is 10.8. The van der Waals surface area contributed by atoms with E-state index in [1.54, 1.807) is 12.1 Å². The Morgan fingerprint density at radius 1 is 1.33 bits per heavy atom. The molecule has 0 aliphatic rings. The smallest absolute Gasteiger partial charge is 0.425 e. The summed E-state index contributed by atoms with van der Waals surface area (Å²) in [6, 6.07) is 6.21. The minimum absolute atomic E-state index is 0.0870. The summed E-state index contributed by atoms with van der Waals surface area (Å²) in [5, 5.41) is 0. The van der Waals surface area contributed by atoms with Gasteiger partial charge in [-0.1, -0.05) is 32.9 Å². The highest BCUT2D eigenvalue weighted by molar-refractivity contribution is 5.81. The zero-order valence-electron chi connectivity index (χ0n) is 10.5. The molecule has 0 fully saturated rings. The summed E-state index contributed by atoms with van der Waals surface area (Å²) >= 11 is 0. The van der Waals surface area contributed by atoms with E-state index in [2.05, 4.69) is 10.6 Å². The number of alkyl halides is 2. The highest BCUT2D eigenvalue weighted by atomic mass is 19.3. The van der Waals surface area contributed by atoms with E-state index >= 15 is 0 Å². The zero-order valence-corrected chi connectivity index (χ0v) is 10.5. The Morgan fingerprint density at radius 3 is 2.44 bits per heavy atom. The molecule has 0 spiro atoms. The Kier molecular flexibility index (Phi) is 3.91. The second-order valence-corrected chi connectivity index (χ2v) is 4.87. The molecule has 3 N–H and O–H groups in total. The minimum Gasteiger partial charge on any atom is -0.425 e. The van der Waals surface area contributed by atoms with Gasteiger partial charge in [0.25, 0.3) is 0 Å². The van der Waals surface area contributed by atoms with Crippen molar-refractivity contribution in [3.8, 4) is 5.75 Å². The number of hydrogen-bond acceptors (Lipinski definition) is 3. The molecule has 0 radical (unpaired) electrons. The van der Waals surface area contributed by atoms with Crippen molar-refractivity contribution < 1.29 is 18.3 Å². The molecular formula is C12H16F2N2O2. The first-order valence-electron chi connectivity index (χ1n) is 5.35. The van der Waals surface area contributed by atoms with Crippen molar-refractivity contribution >= 4 is 5.91 Å². The standard InChI is InChI=1S/C12H16F2N2O2/c1-11(2,3)8-5-4-6-9(7-8)18-12(13,14)10(17)16-15/h4-7H,15H2,1-3H3,(H,16,17). The van der Waals surface area contributed by atoms with Gasteiger partial charge in [-0.3, -0.25) is 10.2 Å². The molecule has 0 aliphatic heterocycles. The van der Waals surface area contributed by atoms with Crippen LogP contribution in [0, 0.1) is 0 Å². The molecule has 0 saturated heterocycles. The topological polar surface area (TPSA) is 64.3 Å². The number of nitrogens with two attached hydrogens (primary N) is 1. The van der Waals surface area contributed by atoms with Gasteiger partial charge in [-0.2, -0.15) is 8.78 Å². The van der Waals surface area contributed by atoms with Gasteiger partial charge in [-0.25, -0.2) is 5.84 Å². The van der Waals surface area contributed by atoms with Crippen LogP contribution in [0.5, 0.6) is 5.75 Å². The van der Waals surface area contributed by atoms with Crippen molar-refractivity contribution in [3.05, 3.63) is 29.8 Å². The predicted octanol–water partition coefficient (Wildman–Crippen LogP) is 1.95. The van der Waals surface area contributed by atoms with Crippen LogP contribution in [0.25, 0.3) is 0 Å². The predicted molar refractivity (Wildman–Crippen MR) is 63.0 cm³/mol. The highest BCUT2D eigenvalue weighted by Crippen LogP contribution is 2.28. The van der Waals surface area contributed by atoms with Gasteiger partial charge in [0.05, 0.1) is 0 Å². The lowest BCUT2D eigenvalue weighted by Crippen LogP contribution is -2.47. The number of carbonyl (C=O) groups excluding carboxylic acids is 1. The number of ether oxygens (including phenoxy) is 1. The SMILES string of the molecule is CC(C)(C)c1cccc(OC(F)(F)C(=O)NN)c1. The second-order valence-electron chi connectivity index (χ2n) is 4.87. The number of benzene rings is 1. The van der Waals surface area contributed by atoms with Crippen LogP contribution in [0.15, 0.2) is 24.3 Å². The first-order valence-corrected chi connectivity index (χ1v) is 5.35. The van der Waals surface area contributed by atoms with Crippen molar-refractivity contribution in [2.75, 3.05) is 0 Å². The summed E-state index contributed by atoms with van der Waals surface area (Å²) in [7, 11) is 0. The third-order valence-electron chi connectivity index (χ3n) is 2.34. The van der Waals surface area contributed by atoms with Crippen LogP contribution in [0.1, 0.15) is 26.3 Å². The molecule has 0 heterocycles. The van der Waals surface area contributed by atoms with Crippen LogP contribution in [0.2, 0.25) is 0 Å². The molecule has 0 bridgehead atoms. The van der Waals surface area contributed by atoms with Gasteiger partial charge < -0.3 is 4.74 Å². The van der Waals surface area contributed by atoms with E-state index in [1.165, 1.54) is 17.6 Å². The number of rotatable bonds is 3. The summed E-state index contributed by atoms with van der Waals surface area (Å²) < 4.78 is 30.8. The first-order chi connectivity index (χ1) is 8.16. The van der Waals surface area contributed by atoms with Gasteiger partial charge in [0.15, 0.2) is 0 Å². The normalized spacial score (nSPS) is 12.1. The minimum atomic E-state index is -3.99. The maximum atomic E-state index is 13.2. The molecule has 1 aromatic carbocycles. The molecule has 0 unspecified atom stereocenters. The van der Waals surface area contributed by atoms with Gasteiger partial charge in [-0.05, 0) is 23.1 Å². The van der Waals surface area contributed by atoms with Crippen molar-refractivity contribution in [2.45, 2.75) is 32.3 Å². The molecule has 6 heteroatoms. The third kappa shape index (κ3) is 3.40. The van der Waals surface area contributed by atoms with Gasteiger partial charge in [0.1, 0.15) is 5.75 Å². The van der Waals surface area contributed by atoms with E-state index in [1.807, 2.05) is 20.8 Å². The lowest BCUT2D eigenvalue weighted by Gasteiger charge is -2.21. The summed E-state index contributed by atoms with van der Waals surface area (Å²) in [5.74, 6) is 2.87. The number of nitrogens with one attached hydrogen (secondary N) is 1. The van der Waals surface area contributed by atoms with Gasteiger partial charge in [0, 0.05) is 0 Å². The van der Waals surface area contributed by atoms with E-state index in [9.17, 15) is 13.6 Å². The molecule has 18 heavy (non-hydrogen) atoms. The molecule has 0 aliphatic carbocycles. The zero-order chi connectivity index (χ0) is 14.0. The Balaban J connectivity index is 2.96. The molecule has 4 nitrogen and oxygen atoms in total. The Bertz CT molecular complexity index is 442. The number of halogens is 2. The fraction of sp³-hybridized carbons (Fsp3) is 0.417. The van der Waals surface area contributed by atoms with E-state index in [4.69, 9.17) is 0 Å². The van der Waals surface area contributed by atoms with Crippen LogP contribution < -0.4 is 16.0 Å². The molecule has 0 saturated carbocycles. The monoisotopic (exact) mass is 258 g/mol. The Morgan fingerprint density at radius 2 is 1.94 bits per heavy atom. The highest BCUT2D eigenvalue weighted by Gasteiger charge is 2.41. The van der Waals surface area contributed by atoms with Crippen LogP contribution in [0.3, 0.4) is 0 Å². The van der Waals surface area contributed by atoms with Gasteiger partial charge >= 0.3 is 12.0 Å². The van der Waals surface area contributed by atoms with Gasteiger partial charge in [-0.15, -0.1) is 0 Å². The molecular weight excluding hydrogens is 242 g/mol. The van der Waals surface area contributed by atoms with Crippen LogP contribution in [0.4, 0.5) is 8.78 Å². The van der Waals surface area contributed by atoms with Crippen molar-refractivity contribution in [1.29, 1.82) is 0 Å². The molecule has 1 amide bonds. The van der Waals surface area contributed by atoms with Crippen molar-refractivity contribution in [3.63, 3.8) is 0 Å². The fourth-order valence-electron chi connectivity index (χ4n) is 1.30. The maximum absolute atomic E-state index is 13.2. The lowest BCUT2D eigenvalue weighted by atomic mass is 9.87. The number of hydrazine groups is 1. The molecule has 1 rings (SSSR count). The van der Waals surface area contributed by atoms with Crippen LogP contribution >= 0.6 is 0 Å². The molecule has 0 atom stereocenters. The molecule has 0 aromatic heterocycles. The van der Waals surface area contributed by atoms with Crippen molar-refractivity contribution in [2.24, 2.45) is 5.84 Å². The Hall–Kier alpha value is -1.69. The summed E-state index contributed by atoms with van der Waals surface area (Å²) in [5.41, 5.74) is 1.98. The number of amides is 1. The lowest BCUT2D eigenvalue weighted by molar-refractivity contribution is -0.192. The summed E-state index contributed by atoms with van der Waals surface area (Å²) in [6.07, 6.45) is -3.99. The first kappa shape index (κ1) is 14.4. The Labute approximate surface area is 104 Å². The van der Waals surface area contributed by atoms with Crippen molar-refractivity contribution in [1.82, 2.24) is 5.43 Å². The van der Waals surface area contributed by atoms with E-state index in [0.29, 0.717) is 0 Å². The fourth-order valence-corrected chi connectivity index (χ4v) is 1.30. The second kappa shape index (κ2) is 4.89. The quantitative estimate of drug-likeness (QED) is 0.495. The molecule has 1 aromatic rings. The molecule has 100 valence electrons. The number of carbonyl (C=O) groups is 1. The average Bonchev–Trinajstić information content (AvgIpc) is 2.26. The summed E-state index contributed by atoms with van der Waals surface area (Å²) in [6.45, 7) is 5.82. The van der Waals surface area contributed by atoms with Crippen LogP contribution in [-0.2, 0) is 10.2 Å². The van der Waals surface area contributed by atoms with E-state index in [-0.39, 0.29) is 11.2 Å².